The fourth-order valence-corrected chi connectivity index (χ4v) is 2.56. The SMILES string of the molecule is S=C(NCCCN1CCOCC1)NCCc1ccccc1. The summed E-state index contributed by atoms with van der Waals surface area (Å²) in [4.78, 5) is 2.44. The van der Waals surface area contributed by atoms with Crippen molar-refractivity contribution < 1.29 is 4.74 Å². The predicted molar refractivity (Wildman–Crippen MR) is 90.6 cm³/mol. The Morgan fingerprint density at radius 1 is 1.10 bits per heavy atom. The van der Waals surface area contributed by atoms with Crippen LogP contribution in [0.1, 0.15) is 12.0 Å². The minimum Gasteiger partial charge on any atom is -0.379 e. The van der Waals surface area contributed by atoms with Gasteiger partial charge in [-0.25, -0.2) is 0 Å². The van der Waals surface area contributed by atoms with Gasteiger partial charge in [0, 0.05) is 26.2 Å². The number of thiocarbonyl (C=S) groups is 1. The van der Waals surface area contributed by atoms with Crippen LogP contribution in [0.5, 0.6) is 0 Å². The van der Waals surface area contributed by atoms with Crippen LogP contribution in [0.25, 0.3) is 0 Å². The Labute approximate surface area is 132 Å². The van der Waals surface area contributed by atoms with Gasteiger partial charge in [0.05, 0.1) is 13.2 Å². The smallest absolute Gasteiger partial charge is 0.166 e. The van der Waals surface area contributed by atoms with Gasteiger partial charge in [-0.2, -0.15) is 0 Å². The topological polar surface area (TPSA) is 36.5 Å². The molecule has 1 aliphatic heterocycles. The molecule has 0 aliphatic carbocycles. The maximum atomic E-state index is 5.34. The third-order valence-electron chi connectivity index (χ3n) is 3.58. The van der Waals surface area contributed by atoms with E-state index >= 15 is 0 Å². The zero-order valence-corrected chi connectivity index (χ0v) is 13.3. The summed E-state index contributed by atoms with van der Waals surface area (Å²) in [6, 6.07) is 10.5. The molecule has 1 aromatic carbocycles. The predicted octanol–water partition coefficient (Wildman–Crippen LogP) is 1.42. The summed E-state index contributed by atoms with van der Waals surface area (Å²) in [6.07, 6.45) is 2.11. The zero-order valence-electron chi connectivity index (χ0n) is 12.5. The van der Waals surface area contributed by atoms with Gasteiger partial charge in [0.2, 0.25) is 0 Å². The highest BCUT2D eigenvalue weighted by Gasteiger charge is 2.08. The number of hydrogen-bond acceptors (Lipinski definition) is 3. The number of nitrogens with zero attached hydrogens (tertiary/aromatic N) is 1. The third-order valence-corrected chi connectivity index (χ3v) is 3.87. The van der Waals surface area contributed by atoms with E-state index in [9.17, 15) is 0 Å². The highest BCUT2D eigenvalue weighted by atomic mass is 32.1. The highest BCUT2D eigenvalue weighted by Crippen LogP contribution is 1.98. The van der Waals surface area contributed by atoms with E-state index in [1.165, 1.54) is 5.56 Å². The quantitative estimate of drug-likeness (QED) is 0.588. The summed E-state index contributed by atoms with van der Waals surface area (Å²) < 4.78 is 5.34. The molecule has 5 heteroatoms. The largest absolute Gasteiger partial charge is 0.379 e. The lowest BCUT2D eigenvalue weighted by molar-refractivity contribution is 0.0376. The van der Waals surface area contributed by atoms with Crippen LogP contribution in [0.3, 0.4) is 0 Å². The maximum Gasteiger partial charge on any atom is 0.166 e. The molecule has 4 nitrogen and oxygen atoms in total. The van der Waals surface area contributed by atoms with Gasteiger partial charge >= 0.3 is 0 Å². The van der Waals surface area contributed by atoms with Crippen molar-refractivity contribution in [3.8, 4) is 0 Å². The molecule has 0 unspecified atom stereocenters. The standard InChI is InChI=1S/C16H25N3OS/c21-16(18-9-7-15-5-2-1-3-6-15)17-8-4-10-19-11-13-20-14-12-19/h1-3,5-6H,4,7-14H2,(H2,17,18,21). The molecule has 1 aliphatic rings. The summed E-state index contributed by atoms with van der Waals surface area (Å²) in [5, 5.41) is 7.28. The molecule has 0 amide bonds. The van der Waals surface area contributed by atoms with E-state index in [-0.39, 0.29) is 0 Å². The molecular formula is C16H25N3OS. The molecular weight excluding hydrogens is 282 g/mol. The van der Waals surface area contributed by atoms with Gasteiger partial charge in [-0.15, -0.1) is 0 Å². The second-order valence-electron chi connectivity index (χ2n) is 5.23. The summed E-state index contributed by atoms with van der Waals surface area (Å²) in [7, 11) is 0. The van der Waals surface area contributed by atoms with E-state index in [1.54, 1.807) is 0 Å². The first-order chi connectivity index (χ1) is 10.3. The number of nitrogens with one attached hydrogen (secondary N) is 2. The summed E-state index contributed by atoms with van der Waals surface area (Å²) >= 11 is 5.28. The van der Waals surface area contributed by atoms with Gasteiger partial charge in [-0.1, -0.05) is 30.3 Å². The Bertz CT molecular complexity index is 407. The van der Waals surface area contributed by atoms with Crippen molar-refractivity contribution in [2.24, 2.45) is 0 Å². The molecule has 2 N–H and O–H groups in total. The Balaban J connectivity index is 1.47. The third kappa shape index (κ3) is 6.89. The van der Waals surface area contributed by atoms with E-state index in [4.69, 9.17) is 17.0 Å². The van der Waals surface area contributed by atoms with Gasteiger partial charge in [0.1, 0.15) is 0 Å². The first kappa shape index (κ1) is 16.2. The van der Waals surface area contributed by atoms with Crippen molar-refractivity contribution in [2.75, 3.05) is 45.9 Å². The number of benzene rings is 1. The lowest BCUT2D eigenvalue weighted by Gasteiger charge is -2.26. The molecule has 0 saturated carbocycles. The molecule has 116 valence electrons. The zero-order chi connectivity index (χ0) is 14.8. The van der Waals surface area contributed by atoms with Crippen LogP contribution < -0.4 is 10.6 Å². The monoisotopic (exact) mass is 307 g/mol. The van der Waals surface area contributed by atoms with Crippen molar-refractivity contribution in [1.29, 1.82) is 0 Å². The number of hydrogen-bond donors (Lipinski definition) is 2. The molecule has 1 saturated heterocycles. The molecule has 1 fully saturated rings. The Kier molecular flexibility index (Phi) is 7.49. The van der Waals surface area contributed by atoms with E-state index in [0.29, 0.717) is 0 Å². The summed E-state index contributed by atoms with van der Waals surface area (Å²) in [6.45, 7) is 6.76. The van der Waals surface area contributed by atoms with Crippen molar-refractivity contribution in [3.63, 3.8) is 0 Å². The first-order valence-electron chi connectivity index (χ1n) is 7.70. The highest BCUT2D eigenvalue weighted by molar-refractivity contribution is 7.80. The van der Waals surface area contributed by atoms with Gasteiger partial charge in [-0.3, -0.25) is 4.90 Å². The van der Waals surface area contributed by atoms with Gasteiger partial charge in [0.25, 0.3) is 0 Å². The van der Waals surface area contributed by atoms with Crippen LogP contribution in [-0.4, -0.2) is 55.9 Å². The van der Waals surface area contributed by atoms with Gasteiger partial charge < -0.3 is 15.4 Å². The second-order valence-corrected chi connectivity index (χ2v) is 5.63. The fraction of sp³-hybridized carbons (Fsp3) is 0.562. The molecule has 2 rings (SSSR count). The Morgan fingerprint density at radius 2 is 1.81 bits per heavy atom. The molecule has 0 atom stereocenters. The van der Waals surface area contributed by atoms with E-state index in [1.807, 2.05) is 6.07 Å². The minimum absolute atomic E-state index is 0.757. The average Bonchev–Trinajstić information content (AvgIpc) is 2.54. The molecule has 0 aromatic heterocycles. The normalized spacial score (nSPS) is 15.6. The lowest BCUT2D eigenvalue weighted by Crippen LogP contribution is -2.40. The minimum atomic E-state index is 0.757. The van der Waals surface area contributed by atoms with E-state index < -0.39 is 0 Å². The van der Waals surface area contributed by atoms with Crippen LogP contribution in [0.15, 0.2) is 30.3 Å². The number of morpholine rings is 1. The van der Waals surface area contributed by atoms with Crippen LogP contribution >= 0.6 is 12.2 Å². The molecule has 21 heavy (non-hydrogen) atoms. The first-order valence-corrected chi connectivity index (χ1v) is 8.11. The van der Waals surface area contributed by atoms with Gasteiger partial charge in [0.15, 0.2) is 5.11 Å². The maximum absolute atomic E-state index is 5.34. The molecule has 1 aromatic rings. The summed E-state index contributed by atoms with van der Waals surface area (Å²) in [5.41, 5.74) is 1.33. The Hall–Kier alpha value is -1.17. The number of rotatable bonds is 7. The van der Waals surface area contributed by atoms with E-state index in [0.717, 1.165) is 63.9 Å². The molecule has 0 bridgehead atoms. The van der Waals surface area contributed by atoms with Crippen LogP contribution in [-0.2, 0) is 11.2 Å². The lowest BCUT2D eigenvalue weighted by atomic mass is 10.1. The molecule has 0 radical (unpaired) electrons. The summed E-state index contributed by atoms with van der Waals surface area (Å²) in [5.74, 6) is 0. The van der Waals surface area contributed by atoms with E-state index in [2.05, 4.69) is 39.8 Å². The fourth-order valence-electron chi connectivity index (χ4n) is 2.36. The molecule has 1 heterocycles. The Morgan fingerprint density at radius 3 is 2.57 bits per heavy atom. The average molecular weight is 307 g/mol. The van der Waals surface area contributed by atoms with Gasteiger partial charge in [-0.05, 0) is 37.2 Å². The van der Waals surface area contributed by atoms with Crippen molar-refractivity contribution in [3.05, 3.63) is 35.9 Å². The second kappa shape index (κ2) is 9.71. The van der Waals surface area contributed by atoms with Crippen LogP contribution in [0.4, 0.5) is 0 Å². The number of ether oxygens (including phenoxy) is 1. The van der Waals surface area contributed by atoms with Crippen molar-refractivity contribution in [2.45, 2.75) is 12.8 Å². The van der Waals surface area contributed by atoms with Crippen LogP contribution in [0, 0.1) is 0 Å². The van der Waals surface area contributed by atoms with Crippen LogP contribution in [0.2, 0.25) is 0 Å². The van der Waals surface area contributed by atoms with Crippen molar-refractivity contribution >= 4 is 17.3 Å². The van der Waals surface area contributed by atoms with Crippen molar-refractivity contribution in [1.82, 2.24) is 15.5 Å². The molecule has 0 spiro atoms.